The first-order chi connectivity index (χ1) is 9.16. The van der Waals surface area contributed by atoms with E-state index in [1.165, 1.54) is 0 Å². The maximum Gasteiger partial charge on any atom is 0.303 e. The molecule has 1 aromatic carbocycles. The van der Waals surface area contributed by atoms with Gasteiger partial charge in [-0.2, -0.15) is 0 Å². The number of carboxylic acids is 1. The van der Waals surface area contributed by atoms with Gasteiger partial charge in [-0.1, -0.05) is 24.3 Å². The van der Waals surface area contributed by atoms with Gasteiger partial charge < -0.3 is 10.4 Å². The third kappa shape index (κ3) is 3.68. The van der Waals surface area contributed by atoms with Gasteiger partial charge >= 0.3 is 5.97 Å². The zero-order valence-electron chi connectivity index (χ0n) is 11.0. The van der Waals surface area contributed by atoms with Crippen molar-refractivity contribution in [3.63, 3.8) is 0 Å². The van der Waals surface area contributed by atoms with E-state index in [9.17, 15) is 4.79 Å². The van der Waals surface area contributed by atoms with Crippen molar-refractivity contribution < 1.29 is 9.90 Å². The van der Waals surface area contributed by atoms with Crippen LogP contribution in [-0.2, 0) is 4.79 Å². The van der Waals surface area contributed by atoms with E-state index in [2.05, 4.69) is 16.4 Å². The molecule has 4 nitrogen and oxygen atoms in total. The molecule has 1 atom stereocenters. The molecule has 0 aliphatic heterocycles. The third-order valence-corrected chi connectivity index (χ3v) is 3.08. The molecule has 0 aliphatic rings. The summed E-state index contributed by atoms with van der Waals surface area (Å²) in [6.07, 6.45) is 3.50. The zero-order valence-corrected chi connectivity index (χ0v) is 11.0. The van der Waals surface area contributed by atoms with Gasteiger partial charge in [0.2, 0.25) is 0 Å². The molecule has 0 bridgehead atoms. The molecule has 0 saturated carbocycles. The molecule has 1 aromatic heterocycles. The summed E-state index contributed by atoms with van der Waals surface area (Å²) in [5, 5.41) is 14.2. The van der Waals surface area contributed by atoms with E-state index in [-0.39, 0.29) is 12.5 Å². The van der Waals surface area contributed by atoms with Crippen LogP contribution in [0, 0.1) is 0 Å². The molecule has 1 unspecified atom stereocenters. The van der Waals surface area contributed by atoms with Crippen molar-refractivity contribution in [2.75, 3.05) is 5.32 Å². The van der Waals surface area contributed by atoms with Gasteiger partial charge in [-0.25, -0.2) is 4.98 Å². The molecule has 0 spiro atoms. The second-order valence-electron chi connectivity index (χ2n) is 4.71. The van der Waals surface area contributed by atoms with Crippen LogP contribution in [0.15, 0.2) is 36.5 Å². The Bertz CT molecular complexity index is 564. The van der Waals surface area contributed by atoms with Crippen LogP contribution in [0.5, 0.6) is 0 Å². The van der Waals surface area contributed by atoms with Crippen molar-refractivity contribution in [2.24, 2.45) is 0 Å². The molecule has 1 heterocycles. The first-order valence-electron chi connectivity index (χ1n) is 6.49. The van der Waals surface area contributed by atoms with Gasteiger partial charge in [-0.3, -0.25) is 4.79 Å². The summed E-state index contributed by atoms with van der Waals surface area (Å²) in [4.78, 5) is 14.8. The highest BCUT2D eigenvalue weighted by atomic mass is 16.4. The Morgan fingerprint density at radius 3 is 2.95 bits per heavy atom. The predicted molar refractivity (Wildman–Crippen MR) is 76.3 cm³/mol. The summed E-state index contributed by atoms with van der Waals surface area (Å²) in [7, 11) is 0. The number of carboxylic acid groups (broad SMARTS) is 1. The second kappa shape index (κ2) is 6.18. The molecular weight excluding hydrogens is 240 g/mol. The van der Waals surface area contributed by atoms with Gasteiger partial charge in [0, 0.05) is 24.0 Å². The number of nitrogens with zero attached hydrogens (tertiary/aromatic N) is 1. The molecule has 2 N–H and O–H groups in total. The topological polar surface area (TPSA) is 62.2 Å². The molecule has 0 radical (unpaired) electrons. The molecule has 100 valence electrons. The van der Waals surface area contributed by atoms with E-state index >= 15 is 0 Å². The van der Waals surface area contributed by atoms with Crippen LogP contribution in [-0.4, -0.2) is 22.1 Å². The number of carbonyl (C=O) groups is 1. The molecule has 0 amide bonds. The molecule has 2 rings (SSSR count). The van der Waals surface area contributed by atoms with Gasteiger partial charge in [0.05, 0.1) is 0 Å². The molecular formula is C15H18N2O2. The third-order valence-electron chi connectivity index (χ3n) is 3.08. The van der Waals surface area contributed by atoms with Crippen LogP contribution >= 0.6 is 0 Å². The molecule has 4 heteroatoms. The summed E-state index contributed by atoms with van der Waals surface area (Å²) < 4.78 is 0. The minimum Gasteiger partial charge on any atom is -0.481 e. The molecule has 2 aromatic rings. The summed E-state index contributed by atoms with van der Waals surface area (Å²) >= 11 is 0. The number of anilines is 1. The number of nitrogens with one attached hydrogen (secondary N) is 1. The number of aliphatic carboxylic acids is 1. The lowest BCUT2D eigenvalue weighted by molar-refractivity contribution is -0.137. The van der Waals surface area contributed by atoms with Crippen molar-refractivity contribution in [1.82, 2.24) is 4.98 Å². The van der Waals surface area contributed by atoms with Crippen molar-refractivity contribution in [2.45, 2.75) is 32.2 Å². The van der Waals surface area contributed by atoms with E-state index in [1.54, 1.807) is 6.20 Å². The van der Waals surface area contributed by atoms with E-state index < -0.39 is 5.97 Å². The Morgan fingerprint density at radius 1 is 1.37 bits per heavy atom. The fraction of sp³-hybridized carbons (Fsp3) is 0.333. The maximum atomic E-state index is 10.5. The average Bonchev–Trinajstić information content (AvgIpc) is 2.39. The lowest BCUT2D eigenvalue weighted by atomic mass is 10.1. The molecule has 0 fully saturated rings. The highest BCUT2D eigenvalue weighted by Crippen LogP contribution is 2.21. The quantitative estimate of drug-likeness (QED) is 0.834. The van der Waals surface area contributed by atoms with Crippen molar-refractivity contribution in [3.8, 4) is 0 Å². The average molecular weight is 258 g/mol. The van der Waals surface area contributed by atoms with Gasteiger partial charge in [0.15, 0.2) is 0 Å². The van der Waals surface area contributed by atoms with Crippen LogP contribution in [0.3, 0.4) is 0 Å². The minimum absolute atomic E-state index is 0.206. The van der Waals surface area contributed by atoms with E-state index in [0.717, 1.165) is 23.0 Å². The van der Waals surface area contributed by atoms with Crippen LogP contribution in [0.1, 0.15) is 26.2 Å². The molecule has 19 heavy (non-hydrogen) atoms. The van der Waals surface area contributed by atoms with Crippen LogP contribution in [0.4, 0.5) is 5.82 Å². The van der Waals surface area contributed by atoms with Crippen LogP contribution in [0.2, 0.25) is 0 Å². The molecule has 0 saturated heterocycles. The maximum absolute atomic E-state index is 10.5. The monoisotopic (exact) mass is 258 g/mol. The summed E-state index contributed by atoms with van der Waals surface area (Å²) in [5.74, 6) is 0.122. The second-order valence-corrected chi connectivity index (χ2v) is 4.71. The lowest BCUT2D eigenvalue weighted by Crippen LogP contribution is -2.16. The number of pyridine rings is 1. The lowest BCUT2D eigenvalue weighted by Gasteiger charge is -2.15. The van der Waals surface area contributed by atoms with E-state index in [4.69, 9.17) is 5.11 Å². The first-order valence-corrected chi connectivity index (χ1v) is 6.49. The fourth-order valence-electron chi connectivity index (χ4n) is 2.10. The van der Waals surface area contributed by atoms with Gasteiger partial charge in [0.1, 0.15) is 5.82 Å². The number of benzene rings is 1. The summed E-state index contributed by atoms with van der Waals surface area (Å²) in [5.41, 5.74) is 0. The fourth-order valence-corrected chi connectivity index (χ4v) is 2.10. The number of fused-ring (bicyclic) bond motifs is 1. The van der Waals surface area contributed by atoms with Crippen molar-refractivity contribution in [1.29, 1.82) is 0 Å². The Morgan fingerprint density at radius 2 is 2.16 bits per heavy atom. The zero-order chi connectivity index (χ0) is 13.7. The van der Waals surface area contributed by atoms with E-state index in [1.807, 2.05) is 31.2 Å². The number of hydrogen-bond acceptors (Lipinski definition) is 3. The highest BCUT2D eigenvalue weighted by Gasteiger charge is 2.07. The Kier molecular flexibility index (Phi) is 4.34. The minimum atomic E-state index is -0.740. The first kappa shape index (κ1) is 13.3. The van der Waals surface area contributed by atoms with Gasteiger partial charge in [-0.15, -0.1) is 0 Å². The van der Waals surface area contributed by atoms with Gasteiger partial charge in [-0.05, 0) is 31.2 Å². The Hall–Kier alpha value is -2.10. The predicted octanol–water partition coefficient (Wildman–Crippen LogP) is 3.29. The van der Waals surface area contributed by atoms with Crippen LogP contribution < -0.4 is 5.32 Å². The number of hydrogen-bond donors (Lipinski definition) is 2. The standard InChI is InChI=1S/C15H18N2O2/c1-11(5-4-8-14(18)19)17-15-13-7-3-2-6-12(13)9-10-16-15/h2-3,6-7,9-11H,4-5,8H2,1H3,(H,16,17)(H,18,19). The largest absolute Gasteiger partial charge is 0.481 e. The van der Waals surface area contributed by atoms with Crippen LogP contribution in [0.25, 0.3) is 10.8 Å². The number of aromatic nitrogens is 1. The SMILES string of the molecule is CC(CCCC(=O)O)Nc1nccc2ccccc12. The summed E-state index contributed by atoms with van der Waals surface area (Å²) in [6.45, 7) is 2.05. The highest BCUT2D eigenvalue weighted by molar-refractivity contribution is 5.91. The van der Waals surface area contributed by atoms with E-state index in [0.29, 0.717) is 6.42 Å². The van der Waals surface area contributed by atoms with Crippen molar-refractivity contribution >= 4 is 22.6 Å². The Labute approximate surface area is 112 Å². The van der Waals surface area contributed by atoms with Crippen molar-refractivity contribution in [3.05, 3.63) is 36.5 Å². The van der Waals surface area contributed by atoms with Gasteiger partial charge in [0.25, 0.3) is 0 Å². The number of rotatable bonds is 6. The Balaban J connectivity index is 2.02. The summed E-state index contributed by atoms with van der Waals surface area (Å²) in [6, 6.07) is 10.3. The molecule has 0 aliphatic carbocycles. The smallest absolute Gasteiger partial charge is 0.303 e. The normalized spacial score (nSPS) is 12.3.